The average Bonchev–Trinajstić information content (AvgIpc) is 3.23. The molecule has 1 saturated heterocycles. The number of hydrogen-bond donors (Lipinski definition) is 3. The quantitative estimate of drug-likeness (QED) is 0.660. The number of anilines is 1. The number of fused-ring (bicyclic) bond motifs is 1. The monoisotopic (exact) mass is 364 g/mol. The van der Waals surface area contributed by atoms with E-state index in [-0.39, 0.29) is 12.6 Å². The van der Waals surface area contributed by atoms with Crippen LogP contribution < -0.4 is 10.6 Å². The molecule has 1 aliphatic rings. The predicted octanol–water partition coefficient (Wildman–Crippen LogP) is 2.76. The standard InChI is InChI=1S/C17H22F2N6O/c1-2-17(18,19)11-25-9-3-4-12(25)5-7-21-16(26)24-14-10-22-15-13(23-14)6-8-20-15/h2,6,8,10,12H,1,3-5,7,9,11H2,(H,20,22)(H2,21,23,24,26). The number of H-pyrrole nitrogens is 1. The maximum Gasteiger partial charge on any atom is 0.320 e. The van der Waals surface area contributed by atoms with Gasteiger partial charge in [0.05, 0.1) is 12.7 Å². The summed E-state index contributed by atoms with van der Waals surface area (Å²) < 4.78 is 27.0. The fraction of sp³-hybridized carbons (Fsp3) is 0.471. The van der Waals surface area contributed by atoms with Gasteiger partial charge in [0.1, 0.15) is 5.52 Å². The van der Waals surface area contributed by atoms with Crippen molar-refractivity contribution in [2.45, 2.75) is 31.2 Å². The van der Waals surface area contributed by atoms with Gasteiger partial charge in [0.15, 0.2) is 11.5 Å². The van der Waals surface area contributed by atoms with E-state index in [0.717, 1.165) is 12.8 Å². The van der Waals surface area contributed by atoms with Gasteiger partial charge in [-0.2, -0.15) is 0 Å². The summed E-state index contributed by atoms with van der Waals surface area (Å²) in [5, 5.41) is 5.36. The molecule has 0 saturated carbocycles. The van der Waals surface area contributed by atoms with Gasteiger partial charge in [-0.05, 0) is 37.9 Å². The van der Waals surface area contributed by atoms with Crippen LogP contribution in [0.15, 0.2) is 31.1 Å². The third kappa shape index (κ3) is 4.54. The molecule has 0 radical (unpaired) electrons. The van der Waals surface area contributed by atoms with Crippen LogP contribution in [-0.4, -0.2) is 57.5 Å². The number of aromatic nitrogens is 3. The van der Waals surface area contributed by atoms with Crippen LogP contribution in [0.1, 0.15) is 19.3 Å². The second-order valence-corrected chi connectivity index (χ2v) is 6.37. The first-order valence-corrected chi connectivity index (χ1v) is 8.57. The molecule has 0 aromatic carbocycles. The molecule has 3 N–H and O–H groups in total. The first kappa shape index (κ1) is 18.2. The third-order valence-electron chi connectivity index (χ3n) is 4.48. The highest BCUT2D eigenvalue weighted by atomic mass is 19.3. The maximum absolute atomic E-state index is 13.5. The molecule has 1 fully saturated rings. The number of carbonyl (C=O) groups excluding carboxylic acids is 1. The van der Waals surface area contributed by atoms with Gasteiger partial charge < -0.3 is 10.3 Å². The van der Waals surface area contributed by atoms with E-state index < -0.39 is 12.0 Å². The fourth-order valence-corrected chi connectivity index (χ4v) is 3.17. The van der Waals surface area contributed by atoms with Crippen LogP contribution in [0.4, 0.5) is 19.4 Å². The number of nitrogens with zero attached hydrogens (tertiary/aromatic N) is 3. The minimum atomic E-state index is -2.89. The van der Waals surface area contributed by atoms with Gasteiger partial charge in [-0.25, -0.2) is 23.5 Å². The maximum atomic E-state index is 13.5. The van der Waals surface area contributed by atoms with E-state index in [9.17, 15) is 13.6 Å². The van der Waals surface area contributed by atoms with Crippen molar-refractivity contribution >= 4 is 23.0 Å². The minimum absolute atomic E-state index is 0.0390. The summed E-state index contributed by atoms with van der Waals surface area (Å²) in [7, 11) is 0. The Balaban J connectivity index is 1.44. The van der Waals surface area contributed by atoms with Crippen molar-refractivity contribution in [3.8, 4) is 0 Å². The molecule has 3 rings (SSSR count). The molecule has 0 bridgehead atoms. The fourth-order valence-electron chi connectivity index (χ4n) is 3.17. The second-order valence-electron chi connectivity index (χ2n) is 6.37. The molecule has 26 heavy (non-hydrogen) atoms. The molecule has 2 amide bonds. The summed E-state index contributed by atoms with van der Waals surface area (Å²) >= 11 is 0. The molecule has 1 atom stereocenters. The molecule has 140 valence electrons. The molecule has 1 aliphatic heterocycles. The first-order chi connectivity index (χ1) is 12.5. The Morgan fingerprint density at radius 1 is 1.54 bits per heavy atom. The molecule has 0 aliphatic carbocycles. The highest BCUT2D eigenvalue weighted by molar-refractivity contribution is 5.89. The van der Waals surface area contributed by atoms with Gasteiger partial charge in [-0.1, -0.05) is 6.58 Å². The van der Waals surface area contributed by atoms with Crippen LogP contribution >= 0.6 is 0 Å². The van der Waals surface area contributed by atoms with Gasteiger partial charge >= 0.3 is 6.03 Å². The summed E-state index contributed by atoms with van der Waals surface area (Å²) in [4.78, 5) is 25.1. The van der Waals surface area contributed by atoms with E-state index in [1.807, 2.05) is 0 Å². The number of urea groups is 1. The number of hydrogen-bond acceptors (Lipinski definition) is 4. The molecule has 0 spiro atoms. The van der Waals surface area contributed by atoms with Crippen LogP contribution in [0, 0.1) is 0 Å². The van der Waals surface area contributed by atoms with Gasteiger partial charge in [0.25, 0.3) is 5.92 Å². The molecule has 2 aromatic rings. The molecule has 9 heteroatoms. The topological polar surface area (TPSA) is 85.9 Å². The van der Waals surface area contributed by atoms with Crippen molar-refractivity contribution in [1.29, 1.82) is 0 Å². The second kappa shape index (κ2) is 7.77. The van der Waals surface area contributed by atoms with E-state index >= 15 is 0 Å². The highest BCUT2D eigenvalue weighted by Gasteiger charge is 2.33. The molecular formula is C17H22F2N6O. The van der Waals surface area contributed by atoms with Crippen LogP contribution in [-0.2, 0) is 0 Å². The van der Waals surface area contributed by atoms with Gasteiger partial charge in [0.2, 0.25) is 0 Å². The van der Waals surface area contributed by atoms with Crippen LogP contribution in [0.3, 0.4) is 0 Å². The number of halogens is 2. The van der Waals surface area contributed by atoms with Crippen LogP contribution in [0.5, 0.6) is 0 Å². The number of aromatic amines is 1. The Morgan fingerprint density at radius 3 is 3.19 bits per heavy atom. The normalized spacial score (nSPS) is 18.2. The molecule has 1 unspecified atom stereocenters. The zero-order valence-corrected chi connectivity index (χ0v) is 14.3. The largest absolute Gasteiger partial charge is 0.345 e. The van der Waals surface area contributed by atoms with Crippen molar-refractivity contribution in [3.05, 3.63) is 31.1 Å². The zero-order valence-electron chi connectivity index (χ0n) is 14.3. The van der Waals surface area contributed by atoms with Gasteiger partial charge in [-0.15, -0.1) is 0 Å². The van der Waals surface area contributed by atoms with Crippen molar-refractivity contribution in [3.63, 3.8) is 0 Å². The van der Waals surface area contributed by atoms with Crippen molar-refractivity contribution < 1.29 is 13.6 Å². The number of rotatable bonds is 7. The Bertz CT molecular complexity index is 777. The minimum Gasteiger partial charge on any atom is -0.345 e. The summed E-state index contributed by atoms with van der Waals surface area (Å²) in [5.41, 5.74) is 1.31. The lowest BCUT2D eigenvalue weighted by Crippen LogP contribution is -2.41. The van der Waals surface area contributed by atoms with E-state index in [1.165, 1.54) is 6.20 Å². The summed E-state index contributed by atoms with van der Waals surface area (Å²) in [6.45, 7) is 3.91. The van der Waals surface area contributed by atoms with Crippen LogP contribution in [0.25, 0.3) is 11.2 Å². The van der Waals surface area contributed by atoms with Gasteiger partial charge in [0, 0.05) is 18.8 Å². The van der Waals surface area contributed by atoms with Crippen LogP contribution in [0.2, 0.25) is 0 Å². The van der Waals surface area contributed by atoms with E-state index in [2.05, 4.69) is 32.2 Å². The number of amides is 2. The SMILES string of the molecule is C=CC(F)(F)CN1CCCC1CCNC(=O)Nc1cnc2[nH]ccc2n1. The number of nitrogens with one attached hydrogen (secondary N) is 3. The highest BCUT2D eigenvalue weighted by Crippen LogP contribution is 2.25. The van der Waals surface area contributed by atoms with Crippen molar-refractivity contribution in [2.75, 3.05) is 25.0 Å². The summed E-state index contributed by atoms with van der Waals surface area (Å²) in [5.74, 6) is -2.54. The lowest BCUT2D eigenvalue weighted by molar-refractivity contribution is 0.00912. The Morgan fingerprint density at radius 2 is 2.38 bits per heavy atom. The number of likely N-dealkylation sites (tertiary alicyclic amines) is 1. The van der Waals surface area contributed by atoms with Crippen molar-refractivity contribution in [1.82, 2.24) is 25.2 Å². The first-order valence-electron chi connectivity index (χ1n) is 8.57. The summed E-state index contributed by atoms with van der Waals surface area (Å²) in [6, 6.07) is 1.41. The molecular weight excluding hydrogens is 342 g/mol. The smallest absolute Gasteiger partial charge is 0.320 e. The number of carbonyl (C=O) groups is 1. The average molecular weight is 364 g/mol. The van der Waals surface area contributed by atoms with Crippen molar-refractivity contribution in [2.24, 2.45) is 0 Å². The lowest BCUT2D eigenvalue weighted by Gasteiger charge is -2.27. The molecule has 2 aromatic heterocycles. The lowest BCUT2D eigenvalue weighted by atomic mass is 10.1. The van der Waals surface area contributed by atoms with Gasteiger partial charge in [-0.3, -0.25) is 10.2 Å². The Kier molecular flexibility index (Phi) is 5.46. The summed E-state index contributed by atoms with van der Waals surface area (Å²) in [6.07, 6.45) is 6.23. The predicted molar refractivity (Wildman–Crippen MR) is 95.3 cm³/mol. The molecule has 3 heterocycles. The third-order valence-corrected chi connectivity index (χ3v) is 4.48. The number of alkyl halides is 2. The Labute approximate surface area is 149 Å². The van der Waals surface area contributed by atoms with E-state index in [0.29, 0.717) is 42.6 Å². The molecule has 7 nitrogen and oxygen atoms in total. The zero-order chi connectivity index (χ0) is 18.6. The van der Waals surface area contributed by atoms with E-state index in [4.69, 9.17) is 0 Å². The van der Waals surface area contributed by atoms with E-state index in [1.54, 1.807) is 17.2 Å². The Hall–Kier alpha value is -2.55.